The van der Waals surface area contributed by atoms with Crippen LogP contribution in [0.4, 0.5) is 0 Å². The largest absolute Gasteiger partial charge is 0.497 e. The molecule has 1 heterocycles. The van der Waals surface area contributed by atoms with Crippen molar-refractivity contribution in [3.63, 3.8) is 0 Å². The van der Waals surface area contributed by atoms with Crippen molar-refractivity contribution in [2.45, 2.75) is 0 Å². The van der Waals surface area contributed by atoms with Crippen LogP contribution in [0.5, 0.6) is 11.5 Å². The van der Waals surface area contributed by atoms with Gasteiger partial charge in [-0.2, -0.15) is 0 Å². The third-order valence-electron chi connectivity index (χ3n) is 2.22. The summed E-state index contributed by atoms with van der Waals surface area (Å²) in [5, 5.41) is 0. The predicted molar refractivity (Wildman–Crippen MR) is 56.9 cm³/mol. The molecule has 4 nitrogen and oxygen atoms in total. The number of methoxy groups -OCH3 is 2. The van der Waals surface area contributed by atoms with E-state index in [1.807, 2.05) is 18.2 Å². The minimum absolute atomic E-state index is 0.643. The van der Waals surface area contributed by atoms with E-state index in [9.17, 15) is 0 Å². The van der Waals surface area contributed by atoms with Gasteiger partial charge in [-0.25, -0.2) is 4.99 Å². The molecule has 1 aliphatic rings. The molecule has 0 N–H and O–H groups in total. The zero-order chi connectivity index (χ0) is 10.7. The molecule has 0 saturated heterocycles. The van der Waals surface area contributed by atoms with Gasteiger partial charge in [-0.05, 0) is 12.1 Å². The number of aliphatic imine (C=N–C) groups is 1. The summed E-state index contributed by atoms with van der Waals surface area (Å²) in [4.78, 5) is 4.24. The Hall–Kier alpha value is -1.71. The predicted octanol–water partition coefficient (Wildman–Crippen LogP) is 1.48. The first-order valence-electron chi connectivity index (χ1n) is 4.75. The van der Waals surface area contributed by atoms with Crippen LogP contribution in [0.25, 0.3) is 0 Å². The third kappa shape index (κ3) is 1.88. The van der Waals surface area contributed by atoms with E-state index in [4.69, 9.17) is 14.2 Å². The second kappa shape index (κ2) is 4.21. The number of rotatable bonds is 3. The molecule has 1 aliphatic heterocycles. The standard InChI is InChI=1S/C11H13NO3/c1-13-8-3-4-9(10(7-8)14-2)11-12-5-6-15-11/h3-4,7H,5-6H2,1-2H3. The fraction of sp³-hybridized carbons (Fsp3) is 0.364. The second-order valence-electron chi connectivity index (χ2n) is 3.10. The Labute approximate surface area is 88.5 Å². The second-order valence-corrected chi connectivity index (χ2v) is 3.10. The molecule has 0 fully saturated rings. The van der Waals surface area contributed by atoms with Crippen LogP contribution >= 0.6 is 0 Å². The number of ether oxygens (including phenoxy) is 3. The first-order chi connectivity index (χ1) is 7.35. The van der Waals surface area contributed by atoms with Crippen LogP contribution in [0.2, 0.25) is 0 Å². The van der Waals surface area contributed by atoms with Gasteiger partial charge in [-0.15, -0.1) is 0 Å². The summed E-state index contributed by atoms with van der Waals surface area (Å²) in [6, 6.07) is 5.57. The Balaban J connectivity index is 2.38. The highest BCUT2D eigenvalue weighted by molar-refractivity contribution is 5.97. The maximum Gasteiger partial charge on any atom is 0.220 e. The lowest BCUT2D eigenvalue weighted by molar-refractivity contribution is 0.344. The van der Waals surface area contributed by atoms with Crippen LogP contribution in [0, 0.1) is 0 Å². The lowest BCUT2D eigenvalue weighted by Gasteiger charge is -2.09. The van der Waals surface area contributed by atoms with Gasteiger partial charge in [0, 0.05) is 6.07 Å². The molecule has 4 heteroatoms. The lowest BCUT2D eigenvalue weighted by atomic mass is 10.2. The van der Waals surface area contributed by atoms with Gasteiger partial charge in [0.1, 0.15) is 18.1 Å². The van der Waals surface area contributed by atoms with E-state index in [2.05, 4.69) is 4.99 Å². The van der Waals surface area contributed by atoms with Gasteiger partial charge in [-0.3, -0.25) is 0 Å². The first kappa shape index (κ1) is 9.83. The summed E-state index contributed by atoms with van der Waals surface area (Å²) in [6.45, 7) is 1.36. The molecule has 0 bridgehead atoms. The van der Waals surface area contributed by atoms with Crippen molar-refractivity contribution in [1.82, 2.24) is 0 Å². The zero-order valence-corrected chi connectivity index (χ0v) is 8.82. The van der Waals surface area contributed by atoms with Crippen LogP contribution in [0.3, 0.4) is 0 Å². The van der Waals surface area contributed by atoms with E-state index in [-0.39, 0.29) is 0 Å². The van der Waals surface area contributed by atoms with E-state index >= 15 is 0 Å². The lowest BCUT2D eigenvalue weighted by Crippen LogP contribution is -2.04. The molecule has 1 aromatic carbocycles. The molecule has 0 amide bonds. The summed E-state index contributed by atoms with van der Waals surface area (Å²) in [5.74, 6) is 2.12. The Bertz CT molecular complexity index is 387. The maximum absolute atomic E-state index is 5.38. The van der Waals surface area contributed by atoms with Gasteiger partial charge < -0.3 is 14.2 Å². The van der Waals surface area contributed by atoms with Crippen molar-refractivity contribution >= 4 is 5.90 Å². The van der Waals surface area contributed by atoms with Gasteiger partial charge in [0.2, 0.25) is 5.90 Å². The Morgan fingerprint density at radius 3 is 2.73 bits per heavy atom. The first-order valence-corrected chi connectivity index (χ1v) is 4.75. The topological polar surface area (TPSA) is 40.0 Å². The highest BCUT2D eigenvalue weighted by Crippen LogP contribution is 2.26. The van der Waals surface area contributed by atoms with Gasteiger partial charge >= 0.3 is 0 Å². The Morgan fingerprint density at radius 1 is 1.27 bits per heavy atom. The van der Waals surface area contributed by atoms with Gasteiger partial charge in [0.15, 0.2) is 0 Å². The van der Waals surface area contributed by atoms with Crippen molar-refractivity contribution in [3.05, 3.63) is 23.8 Å². The van der Waals surface area contributed by atoms with E-state index in [1.165, 1.54) is 0 Å². The molecule has 0 unspecified atom stereocenters. The maximum atomic E-state index is 5.38. The van der Waals surface area contributed by atoms with Gasteiger partial charge in [-0.1, -0.05) is 0 Å². The fourth-order valence-electron chi connectivity index (χ4n) is 1.47. The van der Waals surface area contributed by atoms with Crippen LogP contribution < -0.4 is 9.47 Å². The van der Waals surface area contributed by atoms with E-state index in [1.54, 1.807) is 14.2 Å². The highest BCUT2D eigenvalue weighted by atomic mass is 16.5. The highest BCUT2D eigenvalue weighted by Gasteiger charge is 2.15. The van der Waals surface area contributed by atoms with Crippen molar-refractivity contribution in [1.29, 1.82) is 0 Å². The quantitative estimate of drug-likeness (QED) is 0.753. The molecular weight excluding hydrogens is 194 g/mol. The molecule has 2 rings (SSSR count). The molecule has 0 aromatic heterocycles. The van der Waals surface area contributed by atoms with Crippen LogP contribution in [0.15, 0.2) is 23.2 Å². The smallest absolute Gasteiger partial charge is 0.220 e. The van der Waals surface area contributed by atoms with E-state index in [0.717, 1.165) is 17.1 Å². The summed E-state index contributed by atoms with van der Waals surface area (Å²) >= 11 is 0. The minimum atomic E-state index is 0.643. The van der Waals surface area contributed by atoms with Crippen molar-refractivity contribution in [3.8, 4) is 11.5 Å². The number of hydrogen-bond acceptors (Lipinski definition) is 4. The summed E-state index contributed by atoms with van der Waals surface area (Å²) < 4.78 is 15.8. The molecule has 1 aromatic rings. The minimum Gasteiger partial charge on any atom is -0.497 e. The Kier molecular flexibility index (Phi) is 2.76. The normalized spacial score (nSPS) is 14.4. The SMILES string of the molecule is COc1ccc(C2=NCCO2)c(OC)c1. The van der Waals surface area contributed by atoms with Gasteiger partial charge in [0.05, 0.1) is 26.3 Å². The van der Waals surface area contributed by atoms with Crippen LogP contribution in [-0.2, 0) is 4.74 Å². The molecule has 0 saturated carbocycles. The van der Waals surface area contributed by atoms with Crippen molar-refractivity contribution in [2.24, 2.45) is 4.99 Å². The van der Waals surface area contributed by atoms with Crippen LogP contribution in [-0.4, -0.2) is 33.3 Å². The Morgan fingerprint density at radius 2 is 2.13 bits per heavy atom. The van der Waals surface area contributed by atoms with Crippen molar-refractivity contribution < 1.29 is 14.2 Å². The third-order valence-corrected chi connectivity index (χ3v) is 2.22. The summed E-state index contributed by atoms with van der Waals surface area (Å²) in [5.41, 5.74) is 0.871. The summed E-state index contributed by atoms with van der Waals surface area (Å²) in [7, 11) is 3.24. The van der Waals surface area contributed by atoms with Crippen LogP contribution in [0.1, 0.15) is 5.56 Å². The molecular formula is C11H13NO3. The number of nitrogens with zero attached hydrogens (tertiary/aromatic N) is 1. The molecule has 0 atom stereocenters. The molecule has 15 heavy (non-hydrogen) atoms. The van der Waals surface area contributed by atoms with Gasteiger partial charge in [0.25, 0.3) is 0 Å². The molecule has 0 spiro atoms. The summed E-state index contributed by atoms with van der Waals surface area (Å²) in [6.07, 6.45) is 0. The van der Waals surface area contributed by atoms with Crippen molar-refractivity contribution in [2.75, 3.05) is 27.4 Å². The average molecular weight is 207 g/mol. The average Bonchev–Trinajstić information content (AvgIpc) is 2.81. The molecule has 0 aliphatic carbocycles. The molecule has 0 radical (unpaired) electrons. The fourth-order valence-corrected chi connectivity index (χ4v) is 1.47. The van der Waals surface area contributed by atoms with E-state index in [0.29, 0.717) is 19.0 Å². The number of benzene rings is 1. The molecule has 80 valence electrons. The van der Waals surface area contributed by atoms with E-state index < -0.39 is 0 Å². The number of hydrogen-bond donors (Lipinski definition) is 0. The monoisotopic (exact) mass is 207 g/mol. The zero-order valence-electron chi connectivity index (χ0n) is 8.82.